The molecule has 0 amide bonds. The Morgan fingerprint density at radius 3 is 2.92 bits per heavy atom. The summed E-state index contributed by atoms with van der Waals surface area (Å²) in [7, 11) is 0. The van der Waals surface area contributed by atoms with Crippen molar-refractivity contribution in [1.82, 2.24) is 9.97 Å². The van der Waals surface area contributed by atoms with Crippen molar-refractivity contribution < 1.29 is 0 Å². The van der Waals surface area contributed by atoms with Crippen molar-refractivity contribution in [3.63, 3.8) is 0 Å². The number of hydrogen-bond acceptors (Lipinski definition) is 3. The summed E-state index contributed by atoms with van der Waals surface area (Å²) in [6.45, 7) is 2.27. The van der Waals surface area contributed by atoms with Gasteiger partial charge in [0.15, 0.2) is 0 Å². The lowest BCUT2D eigenvalue weighted by Crippen LogP contribution is -2.34. The topological polar surface area (TPSA) is 37.8 Å². The van der Waals surface area contributed by atoms with Crippen LogP contribution in [0.25, 0.3) is 0 Å². The summed E-state index contributed by atoms with van der Waals surface area (Å²) in [5.74, 6) is 1.77. The molecule has 1 saturated carbocycles. The average molecular weight is 242 g/mol. The molecule has 1 heterocycles. The van der Waals surface area contributed by atoms with Crippen molar-refractivity contribution in [2.75, 3.05) is 5.32 Å². The molecule has 1 N–H and O–H groups in total. The summed E-state index contributed by atoms with van der Waals surface area (Å²) in [4.78, 5) is 8.07. The summed E-state index contributed by atoms with van der Waals surface area (Å²) >= 11 is 3.41. The van der Waals surface area contributed by atoms with Gasteiger partial charge in [0.05, 0.1) is 4.47 Å². The van der Waals surface area contributed by atoms with E-state index in [0.717, 1.165) is 16.2 Å². The van der Waals surface area contributed by atoms with Crippen LogP contribution in [0.4, 0.5) is 5.82 Å². The first-order valence-electron chi connectivity index (χ1n) is 4.47. The van der Waals surface area contributed by atoms with Gasteiger partial charge < -0.3 is 5.32 Å². The van der Waals surface area contributed by atoms with Gasteiger partial charge in [-0.05, 0) is 34.7 Å². The molecule has 1 aromatic rings. The SMILES string of the molecule is CC1CC(Nc2ncncc2Br)C1. The van der Waals surface area contributed by atoms with Crippen molar-refractivity contribution in [2.45, 2.75) is 25.8 Å². The first-order valence-corrected chi connectivity index (χ1v) is 5.27. The molecule has 1 aromatic heterocycles. The fourth-order valence-electron chi connectivity index (χ4n) is 1.63. The van der Waals surface area contributed by atoms with Crippen molar-refractivity contribution in [3.05, 3.63) is 17.0 Å². The van der Waals surface area contributed by atoms with Gasteiger partial charge in [0.1, 0.15) is 12.1 Å². The molecule has 13 heavy (non-hydrogen) atoms. The Balaban J connectivity index is 1.98. The zero-order valence-electron chi connectivity index (χ0n) is 7.50. The van der Waals surface area contributed by atoms with Gasteiger partial charge >= 0.3 is 0 Å². The van der Waals surface area contributed by atoms with E-state index >= 15 is 0 Å². The van der Waals surface area contributed by atoms with Gasteiger partial charge in [0.2, 0.25) is 0 Å². The second kappa shape index (κ2) is 3.62. The second-order valence-electron chi connectivity index (χ2n) is 3.64. The zero-order valence-corrected chi connectivity index (χ0v) is 9.08. The number of hydrogen-bond donors (Lipinski definition) is 1. The predicted octanol–water partition coefficient (Wildman–Crippen LogP) is 2.45. The lowest BCUT2D eigenvalue weighted by Gasteiger charge is -2.33. The third-order valence-electron chi connectivity index (χ3n) is 2.38. The van der Waals surface area contributed by atoms with E-state index in [9.17, 15) is 0 Å². The molecular formula is C9H12BrN3. The molecule has 2 rings (SSSR count). The molecular weight excluding hydrogens is 230 g/mol. The van der Waals surface area contributed by atoms with Crippen LogP contribution >= 0.6 is 15.9 Å². The molecule has 0 aromatic carbocycles. The van der Waals surface area contributed by atoms with E-state index in [2.05, 4.69) is 38.1 Å². The van der Waals surface area contributed by atoms with Gasteiger partial charge in [0.25, 0.3) is 0 Å². The number of aromatic nitrogens is 2. The minimum atomic E-state index is 0.598. The monoisotopic (exact) mass is 241 g/mol. The molecule has 0 unspecified atom stereocenters. The Hall–Kier alpha value is -0.640. The molecule has 1 fully saturated rings. The molecule has 0 bridgehead atoms. The van der Waals surface area contributed by atoms with Crippen LogP contribution in [-0.2, 0) is 0 Å². The number of rotatable bonds is 2. The normalized spacial score (nSPS) is 26.6. The van der Waals surface area contributed by atoms with Crippen molar-refractivity contribution in [3.8, 4) is 0 Å². The fraction of sp³-hybridized carbons (Fsp3) is 0.556. The highest BCUT2D eigenvalue weighted by atomic mass is 79.9. The van der Waals surface area contributed by atoms with E-state index in [4.69, 9.17) is 0 Å². The summed E-state index contributed by atoms with van der Waals surface area (Å²) < 4.78 is 0.939. The van der Waals surface area contributed by atoms with Gasteiger partial charge in [-0.1, -0.05) is 6.92 Å². The Labute approximate surface area is 86.1 Å². The van der Waals surface area contributed by atoms with Gasteiger partial charge in [-0.3, -0.25) is 0 Å². The standard InChI is InChI=1S/C9H12BrN3/c1-6-2-7(3-6)13-9-8(10)4-11-5-12-9/h4-7H,2-3H2,1H3,(H,11,12,13). The molecule has 0 atom stereocenters. The highest BCUT2D eigenvalue weighted by Gasteiger charge is 2.25. The quantitative estimate of drug-likeness (QED) is 0.865. The Morgan fingerprint density at radius 1 is 1.54 bits per heavy atom. The van der Waals surface area contributed by atoms with E-state index in [1.165, 1.54) is 12.8 Å². The third-order valence-corrected chi connectivity index (χ3v) is 2.96. The van der Waals surface area contributed by atoms with Crippen LogP contribution in [-0.4, -0.2) is 16.0 Å². The highest BCUT2D eigenvalue weighted by Crippen LogP contribution is 2.30. The van der Waals surface area contributed by atoms with Crippen molar-refractivity contribution in [2.24, 2.45) is 5.92 Å². The summed E-state index contributed by atoms with van der Waals surface area (Å²) in [6, 6.07) is 0.598. The Bertz CT molecular complexity index is 297. The molecule has 1 aliphatic carbocycles. The molecule has 1 aliphatic rings. The van der Waals surface area contributed by atoms with Crippen molar-refractivity contribution >= 4 is 21.7 Å². The lowest BCUT2D eigenvalue weighted by atomic mass is 9.82. The van der Waals surface area contributed by atoms with E-state index in [1.807, 2.05) is 0 Å². The van der Waals surface area contributed by atoms with Crippen LogP contribution < -0.4 is 5.32 Å². The zero-order chi connectivity index (χ0) is 9.26. The summed E-state index contributed by atoms with van der Waals surface area (Å²) in [6.07, 6.45) is 5.82. The van der Waals surface area contributed by atoms with Crippen LogP contribution in [0.5, 0.6) is 0 Å². The maximum absolute atomic E-state index is 4.16. The van der Waals surface area contributed by atoms with E-state index in [-0.39, 0.29) is 0 Å². The van der Waals surface area contributed by atoms with Crippen LogP contribution in [0.2, 0.25) is 0 Å². The fourth-order valence-corrected chi connectivity index (χ4v) is 1.97. The Kier molecular flexibility index (Phi) is 2.49. The van der Waals surface area contributed by atoms with Crippen LogP contribution in [0.3, 0.4) is 0 Å². The van der Waals surface area contributed by atoms with Crippen LogP contribution in [0, 0.1) is 5.92 Å². The van der Waals surface area contributed by atoms with Gasteiger partial charge in [-0.2, -0.15) is 0 Å². The molecule has 70 valence electrons. The molecule has 0 spiro atoms. The number of anilines is 1. The van der Waals surface area contributed by atoms with Gasteiger partial charge in [-0.25, -0.2) is 9.97 Å². The summed E-state index contributed by atoms with van der Waals surface area (Å²) in [5.41, 5.74) is 0. The van der Waals surface area contributed by atoms with Crippen LogP contribution in [0.1, 0.15) is 19.8 Å². The highest BCUT2D eigenvalue weighted by molar-refractivity contribution is 9.10. The first-order chi connectivity index (χ1) is 6.25. The minimum Gasteiger partial charge on any atom is -0.366 e. The molecule has 0 saturated heterocycles. The molecule has 0 aliphatic heterocycles. The van der Waals surface area contributed by atoms with E-state index in [0.29, 0.717) is 6.04 Å². The van der Waals surface area contributed by atoms with E-state index < -0.39 is 0 Å². The second-order valence-corrected chi connectivity index (χ2v) is 4.49. The smallest absolute Gasteiger partial charge is 0.143 e. The number of nitrogens with zero attached hydrogens (tertiary/aromatic N) is 2. The number of nitrogens with one attached hydrogen (secondary N) is 1. The van der Waals surface area contributed by atoms with Gasteiger partial charge in [0, 0.05) is 12.2 Å². The third kappa shape index (κ3) is 1.99. The minimum absolute atomic E-state index is 0.598. The molecule has 3 nitrogen and oxygen atoms in total. The lowest BCUT2D eigenvalue weighted by molar-refractivity contribution is 0.308. The van der Waals surface area contributed by atoms with Gasteiger partial charge in [-0.15, -0.1) is 0 Å². The molecule has 4 heteroatoms. The number of halogens is 1. The first kappa shape index (κ1) is 8.94. The van der Waals surface area contributed by atoms with Crippen molar-refractivity contribution in [1.29, 1.82) is 0 Å². The maximum atomic E-state index is 4.16. The average Bonchev–Trinajstić information content (AvgIpc) is 2.06. The summed E-state index contributed by atoms with van der Waals surface area (Å²) in [5, 5.41) is 3.38. The predicted molar refractivity (Wildman–Crippen MR) is 55.5 cm³/mol. The maximum Gasteiger partial charge on any atom is 0.143 e. The Morgan fingerprint density at radius 2 is 2.31 bits per heavy atom. The largest absolute Gasteiger partial charge is 0.366 e. The van der Waals surface area contributed by atoms with Crippen LogP contribution in [0.15, 0.2) is 17.0 Å². The molecule has 0 radical (unpaired) electrons. The van der Waals surface area contributed by atoms with E-state index in [1.54, 1.807) is 12.5 Å².